The fourth-order valence-corrected chi connectivity index (χ4v) is 9.58. The Morgan fingerprint density at radius 2 is 1.45 bits per heavy atom. The molecule has 67 heavy (non-hydrogen) atoms. The number of hydrogen-bond acceptors (Lipinski definition) is 10. The summed E-state index contributed by atoms with van der Waals surface area (Å²) in [4.78, 5) is 112. The molecule has 2 heterocycles. The van der Waals surface area contributed by atoms with Crippen molar-refractivity contribution in [1.82, 2.24) is 30.2 Å². The van der Waals surface area contributed by atoms with Crippen molar-refractivity contribution in [3.8, 4) is 0 Å². The minimum atomic E-state index is -1.17. The van der Waals surface area contributed by atoms with E-state index in [1.807, 2.05) is 54.5 Å². The summed E-state index contributed by atoms with van der Waals surface area (Å²) < 4.78 is 12.0. The average molecular weight is 939 g/mol. The summed E-state index contributed by atoms with van der Waals surface area (Å²) in [6.07, 6.45) is 4.64. The van der Waals surface area contributed by atoms with Gasteiger partial charge in [0.2, 0.25) is 29.5 Å². The van der Waals surface area contributed by atoms with Gasteiger partial charge in [0, 0.05) is 65.9 Å². The van der Waals surface area contributed by atoms with Crippen LogP contribution >= 0.6 is 0 Å². The number of likely N-dealkylation sites (N-methyl/N-ethyl adjacent to an activating group) is 2. The molecule has 17 heteroatoms. The van der Waals surface area contributed by atoms with Gasteiger partial charge in [0.1, 0.15) is 18.1 Å². The number of carbonyl (C=O) groups excluding carboxylic acids is 7. The molecule has 2 aliphatic heterocycles. The fraction of sp³-hybridized carbons (Fsp3) is 0.680. The van der Waals surface area contributed by atoms with Crippen LogP contribution in [-0.4, -0.2) is 155 Å². The Morgan fingerprint density at radius 1 is 0.821 bits per heavy atom. The highest BCUT2D eigenvalue weighted by molar-refractivity contribution is 6.12. The van der Waals surface area contributed by atoms with E-state index in [0.29, 0.717) is 38.5 Å². The first-order valence-corrected chi connectivity index (χ1v) is 23.9. The Kier molecular flexibility index (Phi) is 22.1. The quantitative estimate of drug-likeness (QED) is 0.0840. The standard InChI is InChI=1S/C50H78N6O11/c1-13-32(6)45(54(10)49(63)43(30(2)3)52-48(62)44(31(4)5)53(9)39(57)22-18-15-19-27-55-40(58)25-26-41(55)59)38(66-11)29-42(60)56-33(7)23-24-37(56)46(67-12)34(8)47(61)51-36(50(64)65)28-35-20-16-14-17-21-35/h14,16-17,20-21,25-26,30-34,36-38,43-46H,13,15,18-19,22-24,27-29H2,1-12H3,(H,51,61)(H,52,62)(H,64,65)/t32-,33-,34+,36-,37-,38+,43-,44-,45-,46+/m0/s1. The largest absolute Gasteiger partial charge is 0.480 e. The number of amides is 7. The highest BCUT2D eigenvalue weighted by atomic mass is 16.5. The number of imide groups is 1. The summed E-state index contributed by atoms with van der Waals surface area (Å²) in [7, 11) is 6.22. The number of nitrogens with zero attached hydrogens (tertiary/aromatic N) is 4. The van der Waals surface area contributed by atoms with E-state index >= 15 is 0 Å². The lowest BCUT2D eigenvalue weighted by molar-refractivity contribution is -0.150. The van der Waals surface area contributed by atoms with Crippen LogP contribution in [0.15, 0.2) is 42.5 Å². The van der Waals surface area contributed by atoms with Crippen molar-refractivity contribution in [1.29, 1.82) is 0 Å². The maximum absolute atomic E-state index is 14.6. The highest BCUT2D eigenvalue weighted by Crippen LogP contribution is 2.33. The Labute approximate surface area is 397 Å². The molecule has 3 rings (SSSR count). The lowest BCUT2D eigenvalue weighted by atomic mass is 9.89. The van der Waals surface area contributed by atoms with Gasteiger partial charge in [-0.2, -0.15) is 0 Å². The van der Waals surface area contributed by atoms with Crippen LogP contribution in [-0.2, 0) is 54.3 Å². The van der Waals surface area contributed by atoms with Crippen molar-refractivity contribution in [3.63, 3.8) is 0 Å². The zero-order valence-electron chi connectivity index (χ0n) is 41.9. The summed E-state index contributed by atoms with van der Waals surface area (Å²) in [5.74, 6) is -5.28. The van der Waals surface area contributed by atoms with Crippen molar-refractivity contribution in [2.45, 2.75) is 162 Å². The van der Waals surface area contributed by atoms with Crippen LogP contribution in [0.4, 0.5) is 0 Å². The summed E-state index contributed by atoms with van der Waals surface area (Å²) in [5.41, 5.74) is 0.761. The van der Waals surface area contributed by atoms with Crippen LogP contribution < -0.4 is 10.6 Å². The lowest BCUT2D eigenvalue weighted by Gasteiger charge is -2.41. The van der Waals surface area contributed by atoms with Gasteiger partial charge in [-0.25, -0.2) is 4.79 Å². The molecule has 0 radical (unpaired) electrons. The van der Waals surface area contributed by atoms with E-state index in [-0.39, 0.29) is 79.1 Å². The number of carboxylic acids is 1. The summed E-state index contributed by atoms with van der Waals surface area (Å²) in [5, 5.41) is 15.6. The zero-order chi connectivity index (χ0) is 50.3. The Bertz CT molecular complexity index is 1870. The second-order valence-electron chi connectivity index (χ2n) is 19.1. The molecule has 17 nitrogen and oxygen atoms in total. The molecule has 0 saturated carbocycles. The first-order valence-electron chi connectivity index (χ1n) is 23.9. The number of carbonyl (C=O) groups is 8. The predicted octanol–water partition coefficient (Wildman–Crippen LogP) is 4.22. The van der Waals surface area contributed by atoms with Crippen molar-refractivity contribution in [3.05, 3.63) is 48.0 Å². The molecule has 10 atom stereocenters. The lowest BCUT2D eigenvalue weighted by Crippen LogP contribution is -2.60. The molecule has 1 aromatic carbocycles. The SMILES string of the molecule is CC[C@H](C)[C@@H]([C@@H](CC(=O)N1[C@@H](C)CC[C@H]1[C@H](OC)[C@@H](C)C(=O)N[C@@H](Cc1ccccc1)C(=O)O)OC)N(C)C(=O)[C@@H](NC(=O)[C@H](C(C)C)N(C)C(=O)CCCCCN1C(=O)C=CC1=O)C(C)C. The third kappa shape index (κ3) is 14.9. The highest BCUT2D eigenvalue weighted by Gasteiger charge is 2.46. The van der Waals surface area contributed by atoms with E-state index in [1.165, 1.54) is 36.2 Å². The first-order chi connectivity index (χ1) is 31.6. The number of hydrogen-bond donors (Lipinski definition) is 3. The van der Waals surface area contributed by atoms with Crippen LogP contribution in [0.1, 0.15) is 112 Å². The normalized spacial score (nSPS) is 19.7. The number of benzene rings is 1. The second-order valence-corrected chi connectivity index (χ2v) is 19.1. The number of unbranched alkanes of at least 4 members (excludes halogenated alkanes) is 2. The Morgan fingerprint density at radius 3 is 1.99 bits per heavy atom. The van der Waals surface area contributed by atoms with Crippen LogP contribution in [0.25, 0.3) is 0 Å². The van der Waals surface area contributed by atoms with Gasteiger partial charge in [-0.3, -0.25) is 38.5 Å². The minimum Gasteiger partial charge on any atom is -0.480 e. The molecule has 0 unspecified atom stereocenters. The Balaban J connectivity index is 1.74. The third-order valence-corrected chi connectivity index (χ3v) is 13.7. The molecule has 0 aromatic heterocycles. The number of rotatable bonds is 27. The van der Waals surface area contributed by atoms with E-state index < -0.39 is 66.1 Å². The fourth-order valence-electron chi connectivity index (χ4n) is 9.58. The molecule has 1 aromatic rings. The number of ether oxygens (including phenoxy) is 2. The zero-order valence-corrected chi connectivity index (χ0v) is 41.9. The molecule has 3 N–H and O–H groups in total. The van der Waals surface area contributed by atoms with Gasteiger partial charge in [0.25, 0.3) is 11.8 Å². The van der Waals surface area contributed by atoms with E-state index in [1.54, 1.807) is 55.1 Å². The number of carboxylic acid groups (broad SMARTS) is 1. The van der Waals surface area contributed by atoms with E-state index in [9.17, 15) is 43.5 Å². The summed E-state index contributed by atoms with van der Waals surface area (Å²) >= 11 is 0. The summed E-state index contributed by atoms with van der Waals surface area (Å²) in [6.45, 7) is 15.2. The van der Waals surface area contributed by atoms with Crippen LogP contribution in [0.3, 0.4) is 0 Å². The van der Waals surface area contributed by atoms with E-state index in [0.717, 1.165) is 5.56 Å². The Hall–Kier alpha value is -5.16. The van der Waals surface area contributed by atoms with Crippen molar-refractivity contribution in [2.75, 3.05) is 34.9 Å². The molecule has 0 bridgehead atoms. The number of nitrogens with one attached hydrogen (secondary N) is 2. The van der Waals surface area contributed by atoms with Gasteiger partial charge in [-0.1, -0.05) is 91.6 Å². The topological polar surface area (TPSA) is 212 Å². The molecule has 374 valence electrons. The number of methoxy groups -OCH3 is 2. The van der Waals surface area contributed by atoms with Crippen molar-refractivity contribution < 1.29 is 52.9 Å². The van der Waals surface area contributed by atoms with Crippen molar-refractivity contribution in [2.24, 2.45) is 23.7 Å². The van der Waals surface area contributed by atoms with Crippen LogP contribution in [0, 0.1) is 23.7 Å². The molecular formula is C50H78N6O11. The van der Waals surface area contributed by atoms with Crippen LogP contribution in [0.2, 0.25) is 0 Å². The van der Waals surface area contributed by atoms with Gasteiger partial charge in [-0.05, 0) is 55.9 Å². The van der Waals surface area contributed by atoms with Gasteiger partial charge < -0.3 is 39.9 Å². The molecule has 7 amide bonds. The molecule has 1 fully saturated rings. The van der Waals surface area contributed by atoms with Gasteiger partial charge in [0.05, 0.1) is 36.6 Å². The second kappa shape index (κ2) is 26.4. The van der Waals surface area contributed by atoms with Gasteiger partial charge >= 0.3 is 5.97 Å². The van der Waals surface area contributed by atoms with Gasteiger partial charge in [-0.15, -0.1) is 0 Å². The van der Waals surface area contributed by atoms with E-state index in [4.69, 9.17) is 9.47 Å². The number of likely N-dealkylation sites (tertiary alicyclic amines) is 1. The van der Waals surface area contributed by atoms with Crippen molar-refractivity contribution >= 4 is 47.3 Å². The molecule has 2 aliphatic rings. The average Bonchev–Trinajstić information content (AvgIpc) is 3.83. The molecular weight excluding hydrogens is 861 g/mol. The third-order valence-electron chi connectivity index (χ3n) is 13.7. The molecule has 0 aliphatic carbocycles. The number of aliphatic carboxylic acids is 1. The maximum Gasteiger partial charge on any atom is 0.326 e. The first kappa shape index (κ1) is 56.2. The predicted molar refractivity (Wildman–Crippen MR) is 253 cm³/mol. The van der Waals surface area contributed by atoms with Gasteiger partial charge in [0.15, 0.2) is 0 Å². The summed E-state index contributed by atoms with van der Waals surface area (Å²) in [6, 6.07) is 4.73. The van der Waals surface area contributed by atoms with Crippen LogP contribution in [0.5, 0.6) is 0 Å². The maximum atomic E-state index is 14.6. The minimum absolute atomic E-state index is 0.0914. The molecule has 0 spiro atoms. The smallest absolute Gasteiger partial charge is 0.326 e. The monoisotopic (exact) mass is 939 g/mol. The molecule has 1 saturated heterocycles. The van der Waals surface area contributed by atoms with E-state index in [2.05, 4.69) is 10.6 Å².